The quantitative estimate of drug-likeness (QED) is 0.533. The topological polar surface area (TPSA) is 59.3 Å². The molecular formula is C28H36N6O. The second-order valence-corrected chi connectivity index (χ2v) is 10.8. The van der Waals surface area contributed by atoms with Crippen molar-refractivity contribution in [2.24, 2.45) is 5.41 Å². The molecule has 1 atom stereocenters. The molecule has 1 aromatic carbocycles. The number of pyridine rings is 1. The van der Waals surface area contributed by atoms with Crippen LogP contribution in [0.15, 0.2) is 48.8 Å². The van der Waals surface area contributed by atoms with E-state index in [1.165, 1.54) is 74.4 Å². The minimum Gasteiger partial charge on any atom is -0.376 e. The maximum absolute atomic E-state index is 5.86. The molecule has 35 heavy (non-hydrogen) atoms. The van der Waals surface area contributed by atoms with Gasteiger partial charge in [0.05, 0.1) is 24.5 Å². The Bertz CT molecular complexity index is 1120. The van der Waals surface area contributed by atoms with Crippen molar-refractivity contribution in [2.75, 3.05) is 37.7 Å². The summed E-state index contributed by atoms with van der Waals surface area (Å²) in [5.74, 6) is 0. The maximum Gasteiger partial charge on any atom is 0.113 e. The van der Waals surface area contributed by atoms with E-state index < -0.39 is 0 Å². The Morgan fingerprint density at radius 2 is 1.97 bits per heavy atom. The van der Waals surface area contributed by atoms with Gasteiger partial charge in [0.1, 0.15) is 5.69 Å². The summed E-state index contributed by atoms with van der Waals surface area (Å²) in [7, 11) is 0. The number of anilines is 1. The third kappa shape index (κ3) is 4.98. The van der Waals surface area contributed by atoms with Gasteiger partial charge in [-0.05, 0) is 81.9 Å². The van der Waals surface area contributed by atoms with Crippen LogP contribution in [0.1, 0.15) is 43.4 Å². The zero-order chi connectivity index (χ0) is 23.7. The first kappa shape index (κ1) is 22.7. The standard InChI is InChI=1S/C28H36N6O/c1-22-16-24(8-9-26(22)27-19-34(31-30-27)18-25-7-3-5-15-35-25)33-20-28(21-33)10-13-32(14-11-28)17-23-6-2-4-12-29-23/h2,4,6,8-9,12,16,19,25H,3,5,7,10-11,13-15,17-18,20-21H2,1H3/t25-/m1/s1. The van der Waals surface area contributed by atoms with Crippen molar-refractivity contribution in [3.05, 3.63) is 60.0 Å². The molecule has 3 aromatic rings. The highest BCUT2D eigenvalue weighted by atomic mass is 16.5. The Labute approximate surface area is 208 Å². The van der Waals surface area contributed by atoms with Gasteiger partial charge in [-0.1, -0.05) is 17.3 Å². The van der Waals surface area contributed by atoms with E-state index >= 15 is 0 Å². The summed E-state index contributed by atoms with van der Waals surface area (Å²) in [4.78, 5) is 9.60. The summed E-state index contributed by atoms with van der Waals surface area (Å²) in [5.41, 5.74) is 6.37. The minimum atomic E-state index is 0.266. The van der Waals surface area contributed by atoms with Gasteiger partial charge in [0.15, 0.2) is 0 Å². The lowest BCUT2D eigenvalue weighted by molar-refractivity contribution is 0.00370. The van der Waals surface area contributed by atoms with Gasteiger partial charge < -0.3 is 9.64 Å². The van der Waals surface area contributed by atoms with Crippen LogP contribution in [0.3, 0.4) is 0 Å². The first-order chi connectivity index (χ1) is 17.2. The second-order valence-electron chi connectivity index (χ2n) is 10.8. The van der Waals surface area contributed by atoms with Crippen molar-refractivity contribution >= 4 is 5.69 Å². The molecule has 0 unspecified atom stereocenters. The predicted octanol–water partition coefficient (Wildman–Crippen LogP) is 4.32. The first-order valence-corrected chi connectivity index (χ1v) is 13.2. The van der Waals surface area contributed by atoms with Crippen molar-refractivity contribution in [3.8, 4) is 11.3 Å². The third-order valence-electron chi connectivity index (χ3n) is 8.14. The highest BCUT2D eigenvalue weighted by Crippen LogP contribution is 2.43. The zero-order valence-corrected chi connectivity index (χ0v) is 20.8. The van der Waals surface area contributed by atoms with E-state index in [-0.39, 0.29) is 6.10 Å². The number of aryl methyl sites for hydroxylation is 1. The minimum absolute atomic E-state index is 0.266. The summed E-state index contributed by atoms with van der Waals surface area (Å²) < 4.78 is 7.80. The highest BCUT2D eigenvalue weighted by Gasteiger charge is 2.44. The predicted molar refractivity (Wildman–Crippen MR) is 137 cm³/mol. The molecule has 0 amide bonds. The lowest BCUT2D eigenvalue weighted by atomic mass is 9.71. The van der Waals surface area contributed by atoms with Crippen LogP contribution >= 0.6 is 0 Å². The monoisotopic (exact) mass is 472 g/mol. The van der Waals surface area contributed by atoms with E-state index in [0.29, 0.717) is 5.41 Å². The molecule has 0 aliphatic carbocycles. The molecule has 0 saturated carbocycles. The third-order valence-corrected chi connectivity index (χ3v) is 8.14. The smallest absolute Gasteiger partial charge is 0.113 e. The van der Waals surface area contributed by atoms with Gasteiger partial charge >= 0.3 is 0 Å². The summed E-state index contributed by atoms with van der Waals surface area (Å²) >= 11 is 0. The molecule has 1 spiro atoms. The van der Waals surface area contributed by atoms with Crippen molar-refractivity contribution in [1.29, 1.82) is 0 Å². The average molecular weight is 473 g/mol. The van der Waals surface area contributed by atoms with Crippen LogP contribution in [0, 0.1) is 12.3 Å². The molecule has 5 heterocycles. The Kier molecular flexibility index (Phi) is 6.29. The SMILES string of the molecule is Cc1cc(N2CC3(CCN(Cc4ccccn4)CC3)C2)ccc1-c1cn(C[C@H]2CCCCO2)nn1. The largest absolute Gasteiger partial charge is 0.376 e. The number of benzene rings is 1. The molecule has 184 valence electrons. The molecule has 0 N–H and O–H groups in total. The zero-order valence-electron chi connectivity index (χ0n) is 20.8. The van der Waals surface area contributed by atoms with Crippen LogP contribution in [-0.4, -0.2) is 63.8 Å². The van der Waals surface area contributed by atoms with Gasteiger partial charge in [0.2, 0.25) is 0 Å². The fraction of sp³-hybridized carbons (Fsp3) is 0.536. The lowest BCUT2D eigenvalue weighted by Crippen LogP contribution is -2.60. The number of nitrogens with zero attached hydrogens (tertiary/aromatic N) is 6. The van der Waals surface area contributed by atoms with Gasteiger partial charge in [-0.15, -0.1) is 5.10 Å². The van der Waals surface area contributed by atoms with Crippen LogP contribution < -0.4 is 4.90 Å². The van der Waals surface area contributed by atoms with Crippen LogP contribution in [0.25, 0.3) is 11.3 Å². The molecule has 7 nitrogen and oxygen atoms in total. The van der Waals surface area contributed by atoms with Crippen LogP contribution in [0.2, 0.25) is 0 Å². The van der Waals surface area contributed by atoms with Crippen LogP contribution in [0.4, 0.5) is 5.69 Å². The first-order valence-electron chi connectivity index (χ1n) is 13.2. The molecule has 6 rings (SSSR count). The number of aromatic nitrogens is 4. The number of piperidine rings is 1. The molecular weight excluding hydrogens is 436 g/mol. The molecule has 7 heteroatoms. The van der Waals surface area contributed by atoms with E-state index in [1.54, 1.807) is 0 Å². The van der Waals surface area contributed by atoms with Gasteiger partial charge in [-0.2, -0.15) is 0 Å². The normalized spacial score (nSPS) is 22.3. The van der Waals surface area contributed by atoms with Gasteiger partial charge in [-0.25, -0.2) is 4.68 Å². The number of hydrogen-bond donors (Lipinski definition) is 0. The molecule has 2 aromatic heterocycles. The lowest BCUT2D eigenvalue weighted by Gasteiger charge is -2.55. The van der Waals surface area contributed by atoms with E-state index in [9.17, 15) is 0 Å². The van der Waals surface area contributed by atoms with Crippen LogP contribution in [-0.2, 0) is 17.8 Å². The Morgan fingerprint density at radius 1 is 1.09 bits per heavy atom. The average Bonchev–Trinajstić information content (AvgIpc) is 3.32. The van der Waals surface area contributed by atoms with E-state index in [1.807, 2.05) is 16.9 Å². The molecule has 3 fully saturated rings. The van der Waals surface area contributed by atoms with E-state index in [0.717, 1.165) is 31.8 Å². The molecule has 0 radical (unpaired) electrons. The summed E-state index contributed by atoms with van der Waals surface area (Å²) in [6.07, 6.45) is 10.3. The van der Waals surface area contributed by atoms with Gasteiger partial charge in [-0.3, -0.25) is 9.88 Å². The van der Waals surface area contributed by atoms with Crippen molar-refractivity contribution in [3.63, 3.8) is 0 Å². The van der Waals surface area contributed by atoms with Gasteiger partial charge in [0.25, 0.3) is 0 Å². The summed E-state index contributed by atoms with van der Waals surface area (Å²) in [5, 5.41) is 8.83. The van der Waals surface area contributed by atoms with Gasteiger partial charge in [0, 0.05) is 49.1 Å². The molecule has 0 bridgehead atoms. The number of rotatable bonds is 6. The number of likely N-dealkylation sites (tertiary alicyclic amines) is 1. The fourth-order valence-electron chi connectivity index (χ4n) is 5.97. The van der Waals surface area contributed by atoms with E-state index in [2.05, 4.69) is 68.5 Å². The molecule has 3 aliphatic rings. The fourth-order valence-corrected chi connectivity index (χ4v) is 5.97. The van der Waals surface area contributed by atoms with Crippen molar-refractivity contribution in [1.82, 2.24) is 24.9 Å². The maximum atomic E-state index is 5.86. The Balaban J connectivity index is 1.04. The Morgan fingerprint density at radius 3 is 2.71 bits per heavy atom. The van der Waals surface area contributed by atoms with Crippen molar-refractivity contribution in [2.45, 2.75) is 58.2 Å². The second kappa shape index (κ2) is 9.70. The highest BCUT2D eigenvalue weighted by molar-refractivity contribution is 5.67. The van der Waals surface area contributed by atoms with E-state index in [4.69, 9.17) is 4.74 Å². The summed E-state index contributed by atoms with van der Waals surface area (Å²) in [6.45, 7) is 9.50. The molecule has 3 saturated heterocycles. The molecule has 3 aliphatic heterocycles. The number of ether oxygens (including phenoxy) is 1. The number of hydrogen-bond acceptors (Lipinski definition) is 6. The Hall–Kier alpha value is -2.77. The summed E-state index contributed by atoms with van der Waals surface area (Å²) in [6, 6.07) is 13.0. The van der Waals surface area contributed by atoms with Crippen molar-refractivity contribution < 1.29 is 4.74 Å². The van der Waals surface area contributed by atoms with Crippen LogP contribution in [0.5, 0.6) is 0 Å².